The van der Waals surface area contributed by atoms with Gasteiger partial charge in [0.2, 0.25) is 0 Å². The van der Waals surface area contributed by atoms with E-state index in [1.807, 2.05) is 0 Å². The van der Waals surface area contributed by atoms with Crippen molar-refractivity contribution in [2.75, 3.05) is 19.5 Å². The number of nitrogens with one attached hydrogen (secondary N) is 1. The Bertz CT molecular complexity index is 2220. The molecule has 0 spiro atoms. The molecule has 5 aromatic rings. The average Bonchev–Trinajstić information content (AvgIpc) is 3.10. The molecule has 0 saturated carbocycles. The Morgan fingerprint density at radius 3 is 2.02 bits per heavy atom. The van der Waals surface area contributed by atoms with E-state index in [2.05, 4.69) is 31.2 Å². The van der Waals surface area contributed by atoms with Crippen molar-refractivity contribution in [1.29, 1.82) is 0 Å². The van der Waals surface area contributed by atoms with E-state index in [1.54, 1.807) is 109 Å². The molecule has 0 unspecified atom stereocenters. The third-order valence-electron chi connectivity index (χ3n) is 7.46. The molecule has 0 fully saturated rings. The number of hydrogen-bond donors (Lipinski definition) is 1. The summed E-state index contributed by atoms with van der Waals surface area (Å²) in [5, 5.41) is 3.34. The van der Waals surface area contributed by atoms with Gasteiger partial charge in [0.1, 0.15) is 34.1 Å². The van der Waals surface area contributed by atoms with Crippen LogP contribution in [0.25, 0.3) is 16.6 Å². The summed E-state index contributed by atoms with van der Waals surface area (Å²) in [6, 6.07) is 18.2. The molecular formula is C39H40BrN5O9. The van der Waals surface area contributed by atoms with Gasteiger partial charge in [-0.1, -0.05) is 18.2 Å². The van der Waals surface area contributed by atoms with Crippen LogP contribution in [0, 0.1) is 0 Å². The van der Waals surface area contributed by atoms with Gasteiger partial charge in [0, 0.05) is 27.8 Å². The molecule has 0 aliphatic rings. The first-order valence-corrected chi connectivity index (χ1v) is 17.5. The van der Waals surface area contributed by atoms with Crippen molar-refractivity contribution in [3.05, 3.63) is 105 Å². The number of amides is 3. The normalized spacial score (nSPS) is 11.4. The number of methoxy groups -OCH3 is 2. The molecule has 3 amide bonds. The van der Waals surface area contributed by atoms with Crippen LogP contribution in [0.3, 0.4) is 0 Å². The zero-order valence-corrected chi connectivity index (χ0v) is 32.6. The number of aromatic nitrogens is 3. The van der Waals surface area contributed by atoms with E-state index in [9.17, 15) is 19.2 Å². The number of fused-ring (bicyclic) bond motifs is 1. The summed E-state index contributed by atoms with van der Waals surface area (Å²) in [5.74, 6) is 1.28. The predicted octanol–water partition coefficient (Wildman–Crippen LogP) is 8.28. The van der Waals surface area contributed by atoms with Crippen LogP contribution in [0.15, 0.2) is 88.4 Å². The molecule has 0 radical (unpaired) electrons. The van der Waals surface area contributed by atoms with Crippen LogP contribution < -0.4 is 25.1 Å². The number of ether oxygens (including phenoxy) is 5. The molecule has 0 bridgehead atoms. The number of pyridine rings is 3. The highest BCUT2D eigenvalue weighted by atomic mass is 79.9. The fourth-order valence-corrected chi connectivity index (χ4v) is 5.66. The maximum absolute atomic E-state index is 14.2. The summed E-state index contributed by atoms with van der Waals surface area (Å²) in [6.45, 7) is 9.53. The minimum absolute atomic E-state index is 0.144. The lowest BCUT2D eigenvalue weighted by Gasteiger charge is -2.29. The fourth-order valence-electron chi connectivity index (χ4n) is 5.13. The second-order valence-electron chi connectivity index (χ2n) is 13.8. The van der Waals surface area contributed by atoms with Crippen molar-refractivity contribution in [3.8, 4) is 28.7 Å². The number of anilines is 1. The predicted molar refractivity (Wildman–Crippen MR) is 205 cm³/mol. The second-order valence-corrected chi connectivity index (χ2v) is 14.7. The second kappa shape index (κ2) is 16.0. The van der Waals surface area contributed by atoms with Crippen molar-refractivity contribution >= 4 is 50.7 Å². The summed E-state index contributed by atoms with van der Waals surface area (Å²) in [6.07, 6.45) is 1.07. The van der Waals surface area contributed by atoms with Crippen molar-refractivity contribution in [1.82, 2.24) is 19.4 Å². The number of para-hydroxylation sites is 1. The van der Waals surface area contributed by atoms with E-state index >= 15 is 0 Å². The van der Waals surface area contributed by atoms with Gasteiger partial charge >= 0.3 is 12.2 Å². The lowest BCUT2D eigenvalue weighted by atomic mass is 10.2. The van der Waals surface area contributed by atoms with Crippen LogP contribution in [0.5, 0.6) is 23.0 Å². The van der Waals surface area contributed by atoms with Crippen LogP contribution in [-0.4, -0.2) is 63.0 Å². The average molecular weight is 803 g/mol. The number of benzene rings is 2. The van der Waals surface area contributed by atoms with E-state index in [0.717, 1.165) is 4.90 Å². The van der Waals surface area contributed by atoms with Crippen molar-refractivity contribution in [2.24, 2.45) is 0 Å². The van der Waals surface area contributed by atoms with Crippen LogP contribution in [-0.2, 0) is 16.0 Å². The van der Waals surface area contributed by atoms with Crippen LogP contribution in [0.4, 0.5) is 15.4 Å². The summed E-state index contributed by atoms with van der Waals surface area (Å²) < 4.78 is 29.5. The van der Waals surface area contributed by atoms with Gasteiger partial charge in [-0.25, -0.2) is 19.5 Å². The van der Waals surface area contributed by atoms with Gasteiger partial charge in [0.05, 0.1) is 38.2 Å². The number of rotatable bonds is 9. The van der Waals surface area contributed by atoms with Gasteiger partial charge in [-0.15, -0.1) is 0 Å². The minimum Gasteiger partial charge on any atom is -0.493 e. The topological polar surface area (TPSA) is 160 Å². The number of nitrogens with zero attached hydrogens (tertiary/aromatic N) is 4. The van der Waals surface area contributed by atoms with E-state index in [0.29, 0.717) is 39.6 Å². The first-order chi connectivity index (χ1) is 25.5. The highest BCUT2D eigenvalue weighted by molar-refractivity contribution is 9.10. The molecule has 0 atom stereocenters. The number of hydrogen-bond acceptors (Lipinski definition) is 11. The molecular weight excluding hydrogens is 762 g/mol. The molecule has 0 aliphatic heterocycles. The van der Waals surface area contributed by atoms with E-state index in [4.69, 9.17) is 23.7 Å². The monoisotopic (exact) mass is 801 g/mol. The van der Waals surface area contributed by atoms with E-state index in [-0.39, 0.29) is 21.5 Å². The minimum atomic E-state index is -0.979. The largest absolute Gasteiger partial charge is 0.493 e. The molecule has 5 rings (SSSR count). The Kier molecular flexibility index (Phi) is 11.6. The number of imide groups is 1. The third kappa shape index (κ3) is 9.33. The van der Waals surface area contributed by atoms with Gasteiger partial charge in [-0.05, 0) is 99.9 Å². The molecule has 3 heterocycles. The number of carbonyl (C=O) groups is 3. The van der Waals surface area contributed by atoms with Crippen molar-refractivity contribution < 1.29 is 38.1 Å². The molecule has 1 N–H and O–H groups in total. The maximum atomic E-state index is 14.2. The van der Waals surface area contributed by atoms with Gasteiger partial charge in [-0.3, -0.25) is 19.1 Å². The molecule has 282 valence electrons. The Labute approximate surface area is 320 Å². The van der Waals surface area contributed by atoms with Crippen molar-refractivity contribution in [3.63, 3.8) is 0 Å². The lowest BCUT2D eigenvalue weighted by molar-refractivity contribution is -0.000676. The summed E-state index contributed by atoms with van der Waals surface area (Å²) in [7, 11) is 3.08. The smallest absolute Gasteiger partial charge is 0.420 e. The molecule has 0 aliphatic carbocycles. The first kappa shape index (κ1) is 39.3. The van der Waals surface area contributed by atoms with Gasteiger partial charge in [0.25, 0.3) is 11.5 Å². The molecule has 0 saturated heterocycles. The molecule has 15 heteroatoms. The highest BCUT2D eigenvalue weighted by Gasteiger charge is 2.33. The standard InChI is InChI=1S/C39H40BrN5O9/c1-38(2,3)53-36(48)44(37(49)54-39(4,5)6)22-29-27(40)18-26(35(47)45(29)23-12-10-9-11-13-23)34(46)43-33-15-14-24(21-42-33)52-30-16-17-41-28-20-32(51-8)31(50-7)19-25(28)30/h9-21H,22H2,1-8H3,(H,42,43,46). The molecule has 54 heavy (non-hydrogen) atoms. The highest BCUT2D eigenvalue weighted by Crippen LogP contribution is 2.37. The van der Waals surface area contributed by atoms with Crippen LogP contribution in [0.1, 0.15) is 57.6 Å². The summed E-state index contributed by atoms with van der Waals surface area (Å²) in [4.78, 5) is 64.0. The van der Waals surface area contributed by atoms with E-state index < -0.39 is 41.4 Å². The molecule has 2 aromatic carbocycles. The Morgan fingerprint density at radius 1 is 0.815 bits per heavy atom. The zero-order valence-electron chi connectivity index (χ0n) is 31.1. The van der Waals surface area contributed by atoms with Gasteiger partial charge < -0.3 is 29.0 Å². The zero-order chi connectivity index (χ0) is 39.4. The van der Waals surface area contributed by atoms with Crippen LogP contribution >= 0.6 is 15.9 Å². The third-order valence-corrected chi connectivity index (χ3v) is 8.14. The fraction of sp³-hybridized carbons (Fsp3) is 0.282. The van der Waals surface area contributed by atoms with Crippen molar-refractivity contribution in [2.45, 2.75) is 59.3 Å². The quantitative estimate of drug-likeness (QED) is 0.153. The van der Waals surface area contributed by atoms with Gasteiger partial charge in [0.15, 0.2) is 11.5 Å². The Hall–Kier alpha value is -5.96. The molecule has 14 nitrogen and oxygen atoms in total. The SMILES string of the molecule is COc1cc2nccc(Oc3ccc(NC(=O)c4cc(Br)c(CN(C(=O)OC(C)(C)C)C(=O)OC(C)(C)C)n(-c5ccccc5)c4=O)nc3)c2cc1OC. The number of carbonyl (C=O) groups excluding carboxylic acids is 3. The summed E-state index contributed by atoms with van der Waals surface area (Å²) >= 11 is 3.49. The Balaban J connectivity index is 1.45. The van der Waals surface area contributed by atoms with E-state index in [1.165, 1.54) is 30.0 Å². The Morgan fingerprint density at radius 2 is 1.44 bits per heavy atom. The number of halogens is 1. The summed E-state index contributed by atoms with van der Waals surface area (Å²) in [5.41, 5.74) is -1.66. The first-order valence-electron chi connectivity index (χ1n) is 16.7. The lowest BCUT2D eigenvalue weighted by Crippen LogP contribution is -2.44. The maximum Gasteiger partial charge on any atom is 0.420 e. The molecule has 3 aromatic heterocycles. The van der Waals surface area contributed by atoms with Gasteiger partial charge in [-0.2, -0.15) is 0 Å². The van der Waals surface area contributed by atoms with Crippen LogP contribution in [0.2, 0.25) is 0 Å².